The maximum atomic E-state index is 12.1. The second kappa shape index (κ2) is 4.83. The minimum atomic E-state index is -0.708. The van der Waals surface area contributed by atoms with Gasteiger partial charge in [0.1, 0.15) is 6.04 Å². The first-order valence-electron chi connectivity index (χ1n) is 6.06. The van der Waals surface area contributed by atoms with E-state index in [4.69, 9.17) is 0 Å². The Kier molecular flexibility index (Phi) is 3.37. The van der Waals surface area contributed by atoms with Crippen LogP contribution in [0.15, 0.2) is 17.2 Å². The van der Waals surface area contributed by atoms with E-state index in [-0.39, 0.29) is 35.7 Å². The minimum absolute atomic E-state index is 0.000338. The van der Waals surface area contributed by atoms with E-state index < -0.39 is 6.04 Å². The van der Waals surface area contributed by atoms with Crippen molar-refractivity contribution < 1.29 is 9.59 Å². The van der Waals surface area contributed by atoms with Gasteiger partial charge in [-0.2, -0.15) is 0 Å². The van der Waals surface area contributed by atoms with Gasteiger partial charge in [0, 0.05) is 25.5 Å². The highest BCUT2D eigenvalue weighted by Gasteiger charge is 2.36. The van der Waals surface area contributed by atoms with E-state index in [1.54, 1.807) is 6.20 Å². The highest BCUT2D eigenvalue weighted by Crippen LogP contribution is 2.14. The molecule has 1 N–H and O–H groups in total. The number of rotatable bonds is 3. The maximum Gasteiger partial charge on any atom is 0.293 e. The summed E-state index contributed by atoms with van der Waals surface area (Å²) in [6, 6.07) is -0.708. The van der Waals surface area contributed by atoms with Crippen molar-refractivity contribution >= 4 is 17.6 Å². The number of aromatic nitrogens is 2. The molecule has 0 saturated carbocycles. The summed E-state index contributed by atoms with van der Waals surface area (Å²) in [5.41, 5.74) is -0.299. The van der Waals surface area contributed by atoms with Gasteiger partial charge >= 0.3 is 0 Å². The molecule has 1 aliphatic heterocycles. The molecule has 0 bridgehead atoms. The van der Waals surface area contributed by atoms with Gasteiger partial charge in [0.25, 0.3) is 11.5 Å². The standard InChI is InChI=1S/C12H16N4O3/c1-7(2)16-5-4-13-10(12(16)19)14-8-6-9(17)15(3)11(8)18/h4-5,7-8H,6H2,1-3H3,(H,13,14). The molecule has 2 heterocycles. The summed E-state index contributed by atoms with van der Waals surface area (Å²) in [5.74, 6) is -0.508. The number of carbonyl (C=O) groups excluding carboxylic acids is 2. The van der Waals surface area contributed by atoms with E-state index in [0.29, 0.717) is 0 Å². The summed E-state index contributed by atoms with van der Waals surface area (Å²) in [6.07, 6.45) is 3.13. The predicted molar refractivity (Wildman–Crippen MR) is 68.7 cm³/mol. The molecule has 1 unspecified atom stereocenters. The molecule has 102 valence electrons. The third-order valence-electron chi connectivity index (χ3n) is 3.12. The van der Waals surface area contributed by atoms with Crippen LogP contribution in [0.5, 0.6) is 0 Å². The Hall–Kier alpha value is -2.18. The van der Waals surface area contributed by atoms with Crippen LogP contribution in [0.4, 0.5) is 5.82 Å². The summed E-state index contributed by atoms with van der Waals surface area (Å²) in [5, 5.41) is 2.76. The largest absolute Gasteiger partial charge is 0.353 e. The molecular weight excluding hydrogens is 248 g/mol. The van der Waals surface area contributed by atoms with Crippen LogP contribution in [0.3, 0.4) is 0 Å². The summed E-state index contributed by atoms with van der Waals surface area (Å²) in [4.78, 5) is 40.3. The van der Waals surface area contributed by atoms with Crippen LogP contribution in [0.2, 0.25) is 0 Å². The zero-order valence-electron chi connectivity index (χ0n) is 11.1. The van der Waals surface area contributed by atoms with Gasteiger partial charge in [-0.05, 0) is 13.8 Å². The third kappa shape index (κ3) is 2.35. The Morgan fingerprint density at radius 2 is 2.05 bits per heavy atom. The number of carbonyl (C=O) groups is 2. The molecule has 19 heavy (non-hydrogen) atoms. The normalized spacial score (nSPS) is 19.4. The number of likely N-dealkylation sites (tertiary alicyclic amines) is 1. The number of imide groups is 1. The molecule has 1 fully saturated rings. The van der Waals surface area contributed by atoms with Crippen LogP contribution >= 0.6 is 0 Å². The highest BCUT2D eigenvalue weighted by atomic mass is 16.2. The number of hydrogen-bond donors (Lipinski definition) is 1. The lowest BCUT2D eigenvalue weighted by atomic mass is 10.2. The molecule has 1 aromatic rings. The van der Waals surface area contributed by atoms with Crippen molar-refractivity contribution in [1.29, 1.82) is 0 Å². The zero-order valence-corrected chi connectivity index (χ0v) is 11.1. The smallest absolute Gasteiger partial charge is 0.293 e. The van der Waals surface area contributed by atoms with Gasteiger partial charge in [0.2, 0.25) is 5.91 Å². The number of nitrogens with zero attached hydrogens (tertiary/aromatic N) is 3. The second-order valence-corrected chi connectivity index (χ2v) is 4.77. The predicted octanol–water partition coefficient (Wildman–Crippen LogP) is -0.00660. The molecule has 1 atom stereocenters. The first-order chi connectivity index (χ1) is 8.91. The molecule has 1 saturated heterocycles. The molecule has 0 radical (unpaired) electrons. The number of likely N-dealkylation sites (N-methyl/N-ethyl adjacent to an activating group) is 1. The van der Waals surface area contributed by atoms with Crippen LogP contribution in [-0.2, 0) is 9.59 Å². The average molecular weight is 264 g/mol. The topological polar surface area (TPSA) is 84.3 Å². The van der Waals surface area contributed by atoms with Crippen molar-refractivity contribution in [3.05, 3.63) is 22.7 Å². The van der Waals surface area contributed by atoms with Gasteiger partial charge in [-0.25, -0.2) is 4.98 Å². The Morgan fingerprint density at radius 3 is 2.58 bits per heavy atom. The summed E-state index contributed by atoms with van der Waals surface area (Å²) < 4.78 is 1.51. The second-order valence-electron chi connectivity index (χ2n) is 4.77. The Balaban J connectivity index is 2.26. The third-order valence-corrected chi connectivity index (χ3v) is 3.12. The fraction of sp³-hybridized carbons (Fsp3) is 0.500. The van der Waals surface area contributed by atoms with E-state index in [2.05, 4.69) is 10.3 Å². The van der Waals surface area contributed by atoms with E-state index >= 15 is 0 Å². The first-order valence-corrected chi connectivity index (χ1v) is 6.06. The zero-order chi connectivity index (χ0) is 14.2. The van der Waals surface area contributed by atoms with Gasteiger partial charge in [0.15, 0.2) is 5.82 Å². The van der Waals surface area contributed by atoms with E-state index in [9.17, 15) is 14.4 Å². The van der Waals surface area contributed by atoms with Crippen LogP contribution in [0.25, 0.3) is 0 Å². The van der Waals surface area contributed by atoms with Gasteiger partial charge < -0.3 is 9.88 Å². The van der Waals surface area contributed by atoms with E-state index in [0.717, 1.165) is 4.90 Å². The SMILES string of the molecule is CC(C)n1ccnc(NC2CC(=O)N(C)C2=O)c1=O. The fourth-order valence-electron chi connectivity index (χ4n) is 1.96. The Labute approximate surface area is 110 Å². The van der Waals surface area contributed by atoms with Crippen molar-refractivity contribution in [1.82, 2.24) is 14.5 Å². The quantitative estimate of drug-likeness (QED) is 0.776. The molecule has 1 aliphatic rings. The van der Waals surface area contributed by atoms with Gasteiger partial charge in [-0.3, -0.25) is 19.3 Å². The molecule has 0 aliphatic carbocycles. The fourth-order valence-corrected chi connectivity index (χ4v) is 1.96. The lowest BCUT2D eigenvalue weighted by Gasteiger charge is -2.14. The van der Waals surface area contributed by atoms with Crippen LogP contribution in [-0.4, -0.2) is 39.4 Å². The number of amides is 2. The number of anilines is 1. The first kappa shape index (κ1) is 13.3. The van der Waals surface area contributed by atoms with E-state index in [1.165, 1.54) is 17.8 Å². The molecular formula is C12H16N4O3. The lowest BCUT2D eigenvalue weighted by Crippen LogP contribution is -2.35. The van der Waals surface area contributed by atoms with Gasteiger partial charge in [-0.1, -0.05) is 0 Å². The van der Waals surface area contributed by atoms with E-state index in [1.807, 2.05) is 13.8 Å². The Morgan fingerprint density at radius 1 is 1.37 bits per heavy atom. The van der Waals surface area contributed by atoms with Crippen molar-refractivity contribution in [2.75, 3.05) is 12.4 Å². The van der Waals surface area contributed by atoms with Gasteiger partial charge in [-0.15, -0.1) is 0 Å². The van der Waals surface area contributed by atoms with Crippen LogP contribution in [0.1, 0.15) is 26.3 Å². The summed E-state index contributed by atoms with van der Waals surface area (Å²) in [6.45, 7) is 3.76. The highest BCUT2D eigenvalue weighted by molar-refractivity contribution is 6.06. The van der Waals surface area contributed by atoms with Crippen LogP contribution in [0, 0.1) is 0 Å². The number of hydrogen-bond acceptors (Lipinski definition) is 5. The number of nitrogens with one attached hydrogen (secondary N) is 1. The monoisotopic (exact) mass is 264 g/mol. The summed E-state index contributed by atoms with van der Waals surface area (Å²) >= 11 is 0. The molecule has 1 aromatic heterocycles. The summed E-state index contributed by atoms with van der Waals surface area (Å²) in [7, 11) is 1.43. The molecule has 7 heteroatoms. The lowest BCUT2D eigenvalue weighted by molar-refractivity contribution is -0.136. The average Bonchev–Trinajstić information content (AvgIpc) is 2.59. The molecule has 0 aromatic carbocycles. The molecule has 0 spiro atoms. The molecule has 2 amide bonds. The van der Waals surface area contributed by atoms with Crippen LogP contribution < -0.4 is 10.9 Å². The minimum Gasteiger partial charge on any atom is -0.353 e. The maximum absolute atomic E-state index is 12.1. The molecule has 7 nitrogen and oxygen atoms in total. The van der Waals surface area contributed by atoms with Crippen molar-refractivity contribution in [2.45, 2.75) is 32.4 Å². The van der Waals surface area contributed by atoms with Gasteiger partial charge in [0.05, 0.1) is 6.42 Å². The van der Waals surface area contributed by atoms with Crippen molar-refractivity contribution in [3.63, 3.8) is 0 Å². The Bertz CT molecular complexity index is 579. The molecule has 2 rings (SSSR count). The van der Waals surface area contributed by atoms with Crippen molar-refractivity contribution in [2.24, 2.45) is 0 Å². The van der Waals surface area contributed by atoms with Crippen molar-refractivity contribution in [3.8, 4) is 0 Å².